The van der Waals surface area contributed by atoms with Crippen molar-refractivity contribution in [2.24, 2.45) is 0 Å². The van der Waals surface area contributed by atoms with E-state index >= 15 is 0 Å². The molecule has 1 aromatic rings. The Bertz CT molecular complexity index is 405. The lowest BCUT2D eigenvalue weighted by molar-refractivity contribution is 0.0602. The summed E-state index contributed by atoms with van der Waals surface area (Å²) in [6.45, 7) is 1.82. The van der Waals surface area contributed by atoms with Crippen LogP contribution in [0.15, 0.2) is 18.2 Å². The van der Waals surface area contributed by atoms with Gasteiger partial charge in [0.05, 0.1) is 24.0 Å². The van der Waals surface area contributed by atoms with Crippen molar-refractivity contribution >= 4 is 17.3 Å². The fraction of sp³-hybridized carbons (Fsp3) is 0.462. The van der Waals surface area contributed by atoms with Gasteiger partial charge >= 0.3 is 5.97 Å². The molecule has 0 aliphatic heterocycles. The van der Waals surface area contributed by atoms with Crippen LogP contribution in [0.1, 0.15) is 16.8 Å². The highest BCUT2D eigenvalue weighted by molar-refractivity contribution is 5.98. The molecule has 0 spiro atoms. The number of hydrogen-bond acceptors (Lipinski definition) is 5. The maximum absolute atomic E-state index is 11.5. The Morgan fingerprint density at radius 1 is 1.44 bits per heavy atom. The number of carbonyl (C=O) groups excluding carboxylic acids is 1. The fourth-order valence-electron chi connectivity index (χ4n) is 1.63. The largest absolute Gasteiger partial charge is 0.465 e. The van der Waals surface area contributed by atoms with Crippen molar-refractivity contribution in [3.05, 3.63) is 23.8 Å². The molecule has 0 radical (unpaired) electrons. The molecule has 0 bridgehead atoms. The first kappa shape index (κ1) is 14.3. The minimum atomic E-state index is -0.413. The number of nitrogens with one attached hydrogen (secondary N) is 1. The molecule has 0 atom stereocenters. The molecule has 1 aromatic carbocycles. The fourth-order valence-corrected chi connectivity index (χ4v) is 1.63. The van der Waals surface area contributed by atoms with E-state index in [4.69, 9.17) is 5.73 Å². The number of hydrogen-bond donors (Lipinski definition) is 2. The van der Waals surface area contributed by atoms with Gasteiger partial charge in [0.2, 0.25) is 0 Å². The predicted octanol–water partition coefficient (Wildman–Crippen LogP) is 1.42. The summed E-state index contributed by atoms with van der Waals surface area (Å²) in [5, 5.41) is 3.23. The van der Waals surface area contributed by atoms with Gasteiger partial charge in [0, 0.05) is 6.54 Å². The van der Waals surface area contributed by atoms with Crippen LogP contribution in [-0.2, 0) is 4.74 Å². The summed E-state index contributed by atoms with van der Waals surface area (Å²) in [6, 6.07) is 5.31. The predicted molar refractivity (Wildman–Crippen MR) is 73.9 cm³/mol. The molecule has 0 saturated carbocycles. The number of rotatable bonds is 6. The van der Waals surface area contributed by atoms with Crippen LogP contribution in [0.4, 0.5) is 11.4 Å². The molecule has 0 unspecified atom stereocenters. The molecular formula is C13H21N3O2. The van der Waals surface area contributed by atoms with E-state index in [1.165, 1.54) is 7.11 Å². The summed E-state index contributed by atoms with van der Waals surface area (Å²) in [7, 11) is 5.41. The Morgan fingerprint density at radius 3 is 2.78 bits per heavy atom. The molecule has 1 rings (SSSR count). The van der Waals surface area contributed by atoms with Gasteiger partial charge in [0.1, 0.15) is 0 Å². The van der Waals surface area contributed by atoms with Gasteiger partial charge in [-0.1, -0.05) is 6.07 Å². The highest BCUT2D eigenvalue weighted by Gasteiger charge is 2.12. The van der Waals surface area contributed by atoms with Crippen molar-refractivity contribution in [3.8, 4) is 0 Å². The van der Waals surface area contributed by atoms with E-state index in [2.05, 4.69) is 15.0 Å². The second-order valence-electron chi connectivity index (χ2n) is 4.34. The van der Waals surface area contributed by atoms with Crippen LogP contribution in [-0.4, -0.2) is 45.2 Å². The van der Waals surface area contributed by atoms with Crippen molar-refractivity contribution in [2.45, 2.75) is 6.42 Å². The Kier molecular flexibility index (Phi) is 5.45. The average Bonchev–Trinajstić information content (AvgIpc) is 2.35. The SMILES string of the molecule is COC(=O)c1cccc(NCCCN(C)C)c1N. The summed E-state index contributed by atoms with van der Waals surface area (Å²) in [6.07, 6.45) is 1.01. The maximum Gasteiger partial charge on any atom is 0.340 e. The minimum Gasteiger partial charge on any atom is -0.465 e. The summed E-state index contributed by atoms with van der Waals surface area (Å²) in [5.74, 6) is -0.413. The van der Waals surface area contributed by atoms with Crippen molar-refractivity contribution in [1.29, 1.82) is 0 Å². The zero-order chi connectivity index (χ0) is 13.5. The first-order chi connectivity index (χ1) is 8.56. The topological polar surface area (TPSA) is 67.6 Å². The van der Waals surface area contributed by atoms with Gasteiger partial charge in [0.15, 0.2) is 0 Å². The number of para-hydroxylation sites is 1. The number of benzene rings is 1. The molecule has 0 aromatic heterocycles. The smallest absolute Gasteiger partial charge is 0.340 e. The number of nitrogens with two attached hydrogens (primary N) is 1. The van der Waals surface area contributed by atoms with Crippen LogP contribution in [0.2, 0.25) is 0 Å². The summed E-state index contributed by atoms with van der Waals surface area (Å²) < 4.78 is 4.68. The number of nitrogens with zero attached hydrogens (tertiary/aromatic N) is 1. The van der Waals surface area contributed by atoms with Crippen LogP contribution in [0, 0.1) is 0 Å². The lowest BCUT2D eigenvalue weighted by atomic mass is 10.1. The molecule has 5 heteroatoms. The third-order valence-electron chi connectivity index (χ3n) is 2.61. The van der Waals surface area contributed by atoms with Crippen LogP contribution < -0.4 is 11.1 Å². The second-order valence-corrected chi connectivity index (χ2v) is 4.34. The summed E-state index contributed by atoms with van der Waals surface area (Å²) >= 11 is 0. The van der Waals surface area contributed by atoms with Crippen molar-refractivity contribution in [3.63, 3.8) is 0 Å². The first-order valence-corrected chi connectivity index (χ1v) is 5.91. The van der Waals surface area contributed by atoms with Crippen molar-refractivity contribution in [1.82, 2.24) is 4.90 Å². The number of methoxy groups -OCH3 is 1. The highest BCUT2D eigenvalue weighted by atomic mass is 16.5. The van der Waals surface area contributed by atoms with E-state index in [-0.39, 0.29) is 0 Å². The number of ether oxygens (including phenoxy) is 1. The molecule has 0 saturated heterocycles. The highest BCUT2D eigenvalue weighted by Crippen LogP contribution is 2.23. The average molecular weight is 251 g/mol. The Morgan fingerprint density at radius 2 is 2.17 bits per heavy atom. The van der Waals surface area contributed by atoms with E-state index in [0.717, 1.165) is 25.2 Å². The van der Waals surface area contributed by atoms with Gasteiger partial charge in [-0.2, -0.15) is 0 Å². The van der Waals surface area contributed by atoms with Gasteiger partial charge in [-0.25, -0.2) is 4.79 Å². The first-order valence-electron chi connectivity index (χ1n) is 5.91. The van der Waals surface area contributed by atoms with Gasteiger partial charge in [0.25, 0.3) is 0 Å². The van der Waals surface area contributed by atoms with Gasteiger partial charge in [-0.3, -0.25) is 0 Å². The number of carbonyl (C=O) groups is 1. The summed E-state index contributed by atoms with van der Waals surface area (Å²) in [4.78, 5) is 13.6. The van der Waals surface area contributed by atoms with Crippen molar-refractivity contribution in [2.75, 3.05) is 45.3 Å². The normalized spacial score (nSPS) is 10.4. The Hall–Kier alpha value is -1.75. The molecule has 5 nitrogen and oxygen atoms in total. The Labute approximate surface area is 108 Å². The number of esters is 1. The van der Waals surface area contributed by atoms with Crippen LogP contribution in [0.5, 0.6) is 0 Å². The molecule has 3 N–H and O–H groups in total. The summed E-state index contributed by atoms with van der Waals surface area (Å²) in [5.41, 5.74) is 7.54. The molecular weight excluding hydrogens is 230 g/mol. The molecule has 0 amide bonds. The van der Waals surface area contributed by atoms with Gasteiger partial charge in [-0.05, 0) is 39.2 Å². The Balaban J connectivity index is 2.64. The lowest BCUT2D eigenvalue weighted by Crippen LogP contribution is -2.17. The van der Waals surface area contributed by atoms with E-state index in [1.54, 1.807) is 12.1 Å². The van der Waals surface area contributed by atoms with E-state index in [9.17, 15) is 4.79 Å². The lowest BCUT2D eigenvalue weighted by Gasteiger charge is -2.13. The zero-order valence-electron chi connectivity index (χ0n) is 11.2. The van der Waals surface area contributed by atoms with Gasteiger partial charge < -0.3 is 20.7 Å². The quantitative estimate of drug-likeness (QED) is 0.454. The van der Waals surface area contributed by atoms with Crippen molar-refractivity contribution < 1.29 is 9.53 Å². The maximum atomic E-state index is 11.5. The number of anilines is 2. The van der Waals surface area contributed by atoms with Crippen LogP contribution >= 0.6 is 0 Å². The third kappa shape index (κ3) is 3.92. The monoisotopic (exact) mass is 251 g/mol. The van der Waals surface area contributed by atoms with Crippen LogP contribution in [0.25, 0.3) is 0 Å². The minimum absolute atomic E-state index is 0.398. The molecule has 18 heavy (non-hydrogen) atoms. The molecule has 0 fully saturated rings. The van der Waals surface area contributed by atoms with E-state index in [0.29, 0.717) is 11.3 Å². The second kappa shape index (κ2) is 6.86. The van der Waals surface area contributed by atoms with Gasteiger partial charge in [-0.15, -0.1) is 0 Å². The molecule has 100 valence electrons. The van der Waals surface area contributed by atoms with E-state index in [1.807, 2.05) is 20.2 Å². The molecule has 0 aliphatic rings. The molecule has 0 aliphatic carbocycles. The number of nitrogen functional groups attached to an aromatic ring is 1. The third-order valence-corrected chi connectivity index (χ3v) is 2.61. The zero-order valence-corrected chi connectivity index (χ0v) is 11.2. The molecule has 0 heterocycles. The van der Waals surface area contributed by atoms with Crippen LogP contribution in [0.3, 0.4) is 0 Å². The standard InChI is InChI=1S/C13H21N3O2/c1-16(2)9-5-8-15-11-7-4-6-10(12(11)14)13(17)18-3/h4,6-7,15H,5,8-9,14H2,1-3H3. The van der Waals surface area contributed by atoms with E-state index < -0.39 is 5.97 Å².